The first-order chi connectivity index (χ1) is 35.0. The van der Waals surface area contributed by atoms with E-state index in [0.717, 1.165) is 0 Å². The van der Waals surface area contributed by atoms with Crippen molar-refractivity contribution in [3.8, 4) is 0 Å². The predicted octanol–water partition coefficient (Wildman–Crippen LogP) is -14.1. The van der Waals surface area contributed by atoms with Crippen molar-refractivity contribution >= 4 is 0 Å². The molecule has 12 unspecified atom stereocenters. The molecule has 6 fully saturated rings. The Balaban J connectivity index is 1.17. The Labute approximate surface area is 419 Å². The summed E-state index contributed by atoms with van der Waals surface area (Å²) in [6, 6.07) is 0. The SMILES string of the molecule is CC(CO[C@@H]1OC(CO)[C@@H](O[C@@H]2OC(CO)[C@H](O)[C@H](O)C2O)[C@H](O)C1O)(CO[C@@H]1OC(CO)[C@@H](O[C@@H]2OC(CO)[C@H](O)[C@H](O)C2O)[C@H](O)C1O)CO[C@@H]1OC(CO)[C@@H](O[C@@H]2OC(CO)[C@H](O)[C@H](O)C2O)C(O)[C@@H]1O. The van der Waals surface area contributed by atoms with Crippen LogP contribution in [0.5, 0.6) is 0 Å². The van der Waals surface area contributed by atoms with Crippen molar-refractivity contribution in [1.29, 1.82) is 0 Å². The number of rotatable bonds is 21. The Kier molecular flexibility index (Phi) is 22.4. The summed E-state index contributed by atoms with van der Waals surface area (Å²) in [5.41, 5.74) is -1.69. The molecule has 6 aliphatic rings. The lowest BCUT2D eigenvalue weighted by atomic mass is 9.93. The third-order valence-electron chi connectivity index (χ3n) is 13.7. The molecule has 74 heavy (non-hydrogen) atoms. The van der Waals surface area contributed by atoms with Crippen LogP contribution in [-0.2, 0) is 56.8 Å². The van der Waals surface area contributed by atoms with Gasteiger partial charge < -0.3 is 164 Å². The van der Waals surface area contributed by atoms with Crippen molar-refractivity contribution in [1.82, 2.24) is 0 Å². The molecule has 33 nitrogen and oxygen atoms in total. The summed E-state index contributed by atoms with van der Waals surface area (Å²) < 4.78 is 67.6. The van der Waals surface area contributed by atoms with Crippen LogP contribution in [0.4, 0.5) is 0 Å². The number of aliphatic hydroxyl groups is 21. The van der Waals surface area contributed by atoms with Gasteiger partial charge in [0.2, 0.25) is 0 Å². The topological polar surface area (TPSA) is 536 Å². The predicted molar refractivity (Wildman–Crippen MR) is 225 cm³/mol. The number of hydrogen-bond acceptors (Lipinski definition) is 33. The molecular weight excluding hydrogens is 1020 g/mol. The highest BCUT2D eigenvalue weighted by Crippen LogP contribution is 2.35. The first-order valence-electron chi connectivity index (χ1n) is 23.6. The summed E-state index contributed by atoms with van der Waals surface area (Å²) in [5.74, 6) is 0. The molecule has 0 aromatic rings. The number of aliphatic hydroxyl groups excluding tert-OH is 21. The van der Waals surface area contributed by atoms with Crippen LogP contribution in [0, 0.1) is 5.41 Å². The fourth-order valence-electron chi connectivity index (χ4n) is 9.05. The molecule has 0 amide bonds. The average Bonchev–Trinajstić information content (AvgIpc) is 3.39. The first-order valence-corrected chi connectivity index (χ1v) is 23.6. The number of hydrogen-bond donors (Lipinski definition) is 21. The maximum Gasteiger partial charge on any atom is 0.187 e. The van der Waals surface area contributed by atoms with E-state index in [1.165, 1.54) is 6.92 Å². The van der Waals surface area contributed by atoms with Crippen LogP contribution < -0.4 is 0 Å². The summed E-state index contributed by atoms with van der Waals surface area (Å²) in [6.45, 7) is -6.12. The molecule has 6 saturated heterocycles. The summed E-state index contributed by atoms with van der Waals surface area (Å²) in [5, 5.41) is 220. The standard InChI is InChI=1S/C41H72O33/c1-41(8-63-35-29(60)23(54)32(14(5-45)69-35)72-38-26(57)20(51)17(48)11(2-42)66-38,9-64-36-30(61)24(55)33(15(6-46)70-36)73-39-27(58)21(52)18(49)12(3-43)67-39)10-65-37-31(62)25(56)34(16(7-47)71-37)74-40-28(59)22(53)19(50)13(4-44)68-40/h11-40,42-62H,2-10H2,1H3/t11?,12?,13?,14?,15?,16?,17-,18-,19-,20-,21-,22-,23+,24+,25?,26?,27?,28?,29?,30?,31-,32+,33+,34+,35+,36+,37+,38-,39-,40-,41?/m0/s1. The van der Waals surface area contributed by atoms with Gasteiger partial charge in [-0.1, -0.05) is 6.92 Å². The largest absolute Gasteiger partial charge is 0.394 e. The normalized spacial score (nSPS) is 50.4. The van der Waals surface area contributed by atoms with Gasteiger partial charge in [-0.2, -0.15) is 0 Å². The third kappa shape index (κ3) is 13.3. The maximum atomic E-state index is 11.2. The van der Waals surface area contributed by atoms with Gasteiger partial charge in [-0.05, 0) is 0 Å². The van der Waals surface area contributed by atoms with Crippen molar-refractivity contribution in [3.63, 3.8) is 0 Å². The zero-order valence-corrected chi connectivity index (χ0v) is 39.5. The summed E-state index contributed by atoms with van der Waals surface area (Å²) in [6.07, 6.45) is -54.7. The lowest BCUT2D eigenvalue weighted by Crippen LogP contribution is -2.65. The second-order valence-electron chi connectivity index (χ2n) is 19.3. The third-order valence-corrected chi connectivity index (χ3v) is 13.7. The van der Waals surface area contributed by atoms with Gasteiger partial charge in [0, 0.05) is 5.41 Å². The summed E-state index contributed by atoms with van der Waals surface area (Å²) in [4.78, 5) is 0. The lowest BCUT2D eigenvalue weighted by molar-refractivity contribution is -0.369. The Hall–Kier alpha value is -1.32. The molecule has 0 spiro atoms. The minimum Gasteiger partial charge on any atom is -0.394 e. The van der Waals surface area contributed by atoms with E-state index >= 15 is 0 Å². The first kappa shape index (κ1) is 61.9. The quantitative estimate of drug-likeness (QED) is 0.0507. The van der Waals surface area contributed by atoms with E-state index in [1.54, 1.807) is 0 Å². The molecule has 21 N–H and O–H groups in total. The van der Waals surface area contributed by atoms with Gasteiger partial charge in [-0.25, -0.2) is 0 Å². The second kappa shape index (κ2) is 26.8. The van der Waals surface area contributed by atoms with E-state index in [0.29, 0.717) is 0 Å². The van der Waals surface area contributed by atoms with Gasteiger partial charge in [-0.3, -0.25) is 0 Å². The smallest absolute Gasteiger partial charge is 0.187 e. The molecule has 0 bridgehead atoms. The summed E-state index contributed by atoms with van der Waals surface area (Å²) >= 11 is 0. The van der Waals surface area contributed by atoms with E-state index in [9.17, 15) is 107 Å². The Morgan fingerprint density at radius 1 is 0.270 bits per heavy atom. The fraction of sp³-hybridized carbons (Fsp3) is 1.00. The van der Waals surface area contributed by atoms with Crippen LogP contribution in [0.15, 0.2) is 0 Å². The molecule has 0 aliphatic carbocycles. The monoisotopic (exact) mass is 1090 g/mol. The molecule has 6 aliphatic heterocycles. The Bertz CT molecular complexity index is 1480. The van der Waals surface area contributed by atoms with E-state index in [1.807, 2.05) is 0 Å². The van der Waals surface area contributed by atoms with E-state index < -0.39 is 249 Å². The van der Waals surface area contributed by atoms with Crippen LogP contribution in [0.3, 0.4) is 0 Å². The average molecular weight is 1090 g/mol. The molecule has 0 saturated carbocycles. The van der Waals surface area contributed by atoms with E-state index in [2.05, 4.69) is 0 Å². The van der Waals surface area contributed by atoms with Crippen molar-refractivity contribution in [3.05, 3.63) is 0 Å². The van der Waals surface area contributed by atoms with Crippen molar-refractivity contribution < 1.29 is 164 Å². The van der Waals surface area contributed by atoms with E-state index in [4.69, 9.17) is 56.8 Å². The van der Waals surface area contributed by atoms with E-state index in [-0.39, 0.29) is 0 Å². The van der Waals surface area contributed by atoms with Crippen LogP contribution in [-0.4, -0.2) is 351 Å². The molecule has 0 aromatic heterocycles. The molecule has 434 valence electrons. The van der Waals surface area contributed by atoms with Crippen molar-refractivity contribution in [2.75, 3.05) is 59.5 Å². The Morgan fingerprint density at radius 2 is 0.473 bits per heavy atom. The zero-order chi connectivity index (χ0) is 54.7. The van der Waals surface area contributed by atoms with Gasteiger partial charge in [0.05, 0.1) is 59.5 Å². The van der Waals surface area contributed by atoms with Gasteiger partial charge in [0.25, 0.3) is 0 Å². The van der Waals surface area contributed by atoms with Gasteiger partial charge in [0.15, 0.2) is 37.7 Å². The molecule has 33 heteroatoms. The fourth-order valence-corrected chi connectivity index (χ4v) is 9.05. The van der Waals surface area contributed by atoms with Crippen LogP contribution in [0.1, 0.15) is 6.92 Å². The molecule has 30 atom stereocenters. The molecule has 6 heterocycles. The molecule has 6 rings (SSSR count). The van der Waals surface area contributed by atoms with Gasteiger partial charge in [-0.15, -0.1) is 0 Å². The highest BCUT2D eigenvalue weighted by molar-refractivity contribution is 4.98. The highest BCUT2D eigenvalue weighted by Gasteiger charge is 2.55. The van der Waals surface area contributed by atoms with Crippen molar-refractivity contribution in [2.24, 2.45) is 5.41 Å². The maximum absolute atomic E-state index is 11.2. The summed E-state index contributed by atoms with van der Waals surface area (Å²) in [7, 11) is 0. The minimum atomic E-state index is -2.06. The highest BCUT2D eigenvalue weighted by atomic mass is 16.8. The Morgan fingerprint density at radius 3 is 0.689 bits per heavy atom. The van der Waals surface area contributed by atoms with Crippen LogP contribution in [0.2, 0.25) is 0 Å². The van der Waals surface area contributed by atoms with Gasteiger partial charge >= 0.3 is 0 Å². The minimum absolute atomic E-state index is 0.701. The second-order valence-corrected chi connectivity index (χ2v) is 19.3. The lowest BCUT2D eigenvalue weighted by Gasteiger charge is -2.47. The van der Waals surface area contributed by atoms with Crippen LogP contribution >= 0.6 is 0 Å². The van der Waals surface area contributed by atoms with Gasteiger partial charge in [0.1, 0.15) is 146 Å². The molecule has 0 aromatic carbocycles. The zero-order valence-electron chi connectivity index (χ0n) is 39.5. The van der Waals surface area contributed by atoms with Crippen LogP contribution in [0.25, 0.3) is 0 Å². The van der Waals surface area contributed by atoms with Crippen molar-refractivity contribution in [2.45, 2.75) is 191 Å². The molecular formula is C41H72O33. The number of ether oxygens (including phenoxy) is 12. The molecule has 0 radical (unpaired) electrons.